The molecule has 0 aliphatic rings. The van der Waals surface area contributed by atoms with E-state index in [2.05, 4.69) is 10.6 Å². The van der Waals surface area contributed by atoms with Gasteiger partial charge in [-0.1, -0.05) is 12.1 Å². The first-order valence-corrected chi connectivity index (χ1v) is 8.86. The Balaban J connectivity index is 1.45. The minimum absolute atomic E-state index is 0.207. The molecule has 0 saturated carbocycles. The highest BCUT2D eigenvalue weighted by Crippen LogP contribution is 2.22. The molecule has 0 atom stereocenters. The van der Waals surface area contributed by atoms with Crippen molar-refractivity contribution in [1.29, 1.82) is 0 Å². The SMILES string of the molecule is Cc1cccc(OCCNC(=O)c2ccc(NC(=O)c3ccco3)s2)c1. The highest BCUT2D eigenvalue weighted by molar-refractivity contribution is 7.18. The molecule has 26 heavy (non-hydrogen) atoms. The third kappa shape index (κ3) is 4.73. The summed E-state index contributed by atoms with van der Waals surface area (Å²) in [6.07, 6.45) is 1.43. The van der Waals surface area contributed by atoms with Crippen molar-refractivity contribution in [2.75, 3.05) is 18.5 Å². The average molecular weight is 370 g/mol. The van der Waals surface area contributed by atoms with E-state index >= 15 is 0 Å². The molecule has 3 rings (SSSR count). The van der Waals surface area contributed by atoms with E-state index in [4.69, 9.17) is 9.15 Å². The predicted octanol–water partition coefficient (Wildman–Crippen LogP) is 3.71. The Morgan fingerprint density at radius 2 is 2.00 bits per heavy atom. The summed E-state index contributed by atoms with van der Waals surface area (Å²) in [5.74, 6) is 0.438. The van der Waals surface area contributed by atoms with Crippen molar-refractivity contribution in [2.24, 2.45) is 0 Å². The molecule has 0 fully saturated rings. The second-order valence-electron chi connectivity index (χ2n) is 5.52. The van der Waals surface area contributed by atoms with E-state index in [0.29, 0.717) is 23.0 Å². The van der Waals surface area contributed by atoms with Crippen LogP contribution in [-0.4, -0.2) is 25.0 Å². The number of nitrogens with one attached hydrogen (secondary N) is 2. The molecule has 134 valence electrons. The lowest BCUT2D eigenvalue weighted by atomic mass is 10.2. The van der Waals surface area contributed by atoms with E-state index in [1.165, 1.54) is 17.6 Å². The maximum atomic E-state index is 12.2. The minimum atomic E-state index is -0.352. The Bertz CT molecular complexity index is 887. The van der Waals surface area contributed by atoms with Gasteiger partial charge < -0.3 is 19.8 Å². The van der Waals surface area contributed by atoms with E-state index in [0.717, 1.165) is 11.3 Å². The van der Waals surface area contributed by atoms with Gasteiger partial charge in [-0.15, -0.1) is 11.3 Å². The number of hydrogen-bond donors (Lipinski definition) is 2. The van der Waals surface area contributed by atoms with Crippen LogP contribution in [0.15, 0.2) is 59.2 Å². The summed E-state index contributed by atoms with van der Waals surface area (Å²) in [6, 6.07) is 14.3. The number of carbonyl (C=O) groups is 2. The van der Waals surface area contributed by atoms with Crippen LogP contribution in [0.2, 0.25) is 0 Å². The highest BCUT2D eigenvalue weighted by atomic mass is 32.1. The molecule has 2 aromatic heterocycles. The third-order valence-corrected chi connectivity index (χ3v) is 4.46. The normalized spacial score (nSPS) is 10.3. The fourth-order valence-electron chi connectivity index (χ4n) is 2.23. The number of amides is 2. The van der Waals surface area contributed by atoms with Gasteiger partial charge in [0, 0.05) is 0 Å². The topological polar surface area (TPSA) is 80.6 Å². The molecule has 0 aliphatic heterocycles. The van der Waals surface area contributed by atoms with Crippen LogP contribution in [0.5, 0.6) is 5.75 Å². The standard InChI is InChI=1S/C19H18N2O4S/c1-13-4-2-5-14(12-13)24-11-9-20-19(23)16-7-8-17(26-16)21-18(22)15-6-3-10-25-15/h2-8,10,12H,9,11H2,1H3,(H,20,23)(H,21,22). The molecule has 2 heterocycles. The predicted molar refractivity (Wildman–Crippen MR) is 100.0 cm³/mol. The van der Waals surface area contributed by atoms with E-state index < -0.39 is 0 Å². The Hall–Kier alpha value is -3.06. The van der Waals surface area contributed by atoms with Crippen molar-refractivity contribution in [2.45, 2.75) is 6.92 Å². The van der Waals surface area contributed by atoms with Gasteiger partial charge in [0.1, 0.15) is 12.4 Å². The van der Waals surface area contributed by atoms with Crippen LogP contribution in [0, 0.1) is 6.92 Å². The Kier molecular flexibility index (Phi) is 5.70. The number of ether oxygens (including phenoxy) is 1. The van der Waals surface area contributed by atoms with Crippen molar-refractivity contribution >= 4 is 28.2 Å². The number of carbonyl (C=O) groups excluding carboxylic acids is 2. The summed E-state index contributed by atoms with van der Waals surface area (Å²) < 4.78 is 10.6. The second-order valence-corrected chi connectivity index (χ2v) is 6.60. The van der Waals surface area contributed by atoms with Crippen LogP contribution in [0.3, 0.4) is 0 Å². The van der Waals surface area contributed by atoms with Crippen molar-refractivity contribution in [3.05, 3.63) is 71.0 Å². The molecular formula is C19H18N2O4S. The summed E-state index contributed by atoms with van der Waals surface area (Å²) >= 11 is 1.20. The molecule has 0 saturated heterocycles. The number of rotatable bonds is 7. The van der Waals surface area contributed by atoms with Crippen LogP contribution in [0.4, 0.5) is 5.00 Å². The zero-order chi connectivity index (χ0) is 18.4. The fourth-order valence-corrected chi connectivity index (χ4v) is 3.05. The molecule has 2 amide bonds. The first kappa shape index (κ1) is 17.8. The van der Waals surface area contributed by atoms with E-state index in [-0.39, 0.29) is 17.6 Å². The van der Waals surface area contributed by atoms with Crippen molar-refractivity contribution < 1.29 is 18.7 Å². The quantitative estimate of drug-likeness (QED) is 0.621. The van der Waals surface area contributed by atoms with Gasteiger partial charge in [0.25, 0.3) is 11.8 Å². The molecule has 0 bridgehead atoms. The van der Waals surface area contributed by atoms with Crippen LogP contribution < -0.4 is 15.4 Å². The van der Waals surface area contributed by atoms with Gasteiger partial charge in [0.2, 0.25) is 0 Å². The number of anilines is 1. The smallest absolute Gasteiger partial charge is 0.291 e. The van der Waals surface area contributed by atoms with E-state index in [1.54, 1.807) is 24.3 Å². The van der Waals surface area contributed by atoms with Gasteiger partial charge in [-0.25, -0.2) is 0 Å². The molecule has 0 spiro atoms. The van der Waals surface area contributed by atoms with Crippen LogP contribution >= 0.6 is 11.3 Å². The summed E-state index contributed by atoms with van der Waals surface area (Å²) in [4.78, 5) is 24.6. The lowest BCUT2D eigenvalue weighted by Gasteiger charge is -2.07. The molecule has 1 aromatic carbocycles. The molecule has 0 unspecified atom stereocenters. The van der Waals surface area contributed by atoms with Gasteiger partial charge in [0.15, 0.2) is 5.76 Å². The van der Waals surface area contributed by atoms with Gasteiger partial charge in [-0.2, -0.15) is 0 Å². The van der Waals surface area contributed by atoms with Gasteiger partial charge in [-0.05, 0) is 48.9 Å². The molecule has 2 N–H and O–H groups in total. The molecule has 7 heteroatoms. The number of aryl methyl sites for hydroxylation is 1. The molecule has 0 aliphatic carbocycles. The molecule has 3 aromatic rings. The van der Waals surface area contributed by atoms with Crippen molar-refractivity contribution in [1.82, 2.24) is 5.32 Å². The largest absolute Gasteiger partial charge is 0.492 e. The van der Waals surface area contributed by atoms with Crippen LogP contribution in [0.25, 0.3) is 0 Å². The minimum Gasteiger partial charge on any atom is -0.492 e. The maximum absolute atomic E-state index is 12.2. The van der Waals surface area contributed by atoms with Gasteiger partial charge in [-0.3, -0.25) is 9.59 Å². The van der Waals surface area contributed by atoms with Crippen LogP contribution in [-0.2, 0) is 0 Å². The molecule has 0 radical (unpaired) electrons. The first-order chi connectivity index (χ1) is 12.6. The van der Waals surface area contributed by atoms with Crippen molar-refractivity contribution in [3.8, 4) is 5.75 Å². The number of furan rings is 1. The lowest BCUT2D eigenvalue weighted by molar-refractivity contribution is 0.0949. The lowest BCUT2D eigenvalue weighted by Crippen LogP contribution is -2.27. The third-order valence-electron chi connectivity index (χ3n) is 3.46. The molecular weight excluding hydrogens is 352 g/mol. The van der Waals surface area contributed by atoms with Gasteiger partial charge >= 0.3 is 0 Å². The second kappa shape index (κ2) is 8.35. The maximum Gasteiger partial charge on any atom is 0.291 e. The zero-order valence-electron chi connectivity index (χ0n) is 14.2. The Morgan fingerprint density at radius 3 is 2.77 bits per heavy atom. The van der Waals surface area contributed by atoms with Crippen molar-refractivity contribution in [3.63, 3.8) is 0 Å². The zero-order valence-corrected chi connectivity index (χ0v) is 15.0. The summed E-state index contributed by atoms with van der Waals surface area (Å²) in [6.45, 7) is 2.76. The Morgan fingerprint density at radius 1 is 1.12 bits per heavy atom. The summed E-state index contributed by atoms with van der Waals surface area (Å²) in [5, 5.41) is 6.06. The first-order valence-electron chi connectivity index (χ1n) is 8.04. The number of thiophene rings is 1. The Labute approximate surface area is 154 Å². The van der Waals surface area contributed by atoms with Crippen LogP contribution in [0.1, 0.15) is 25.8 Å². The number of hydrogen-bond acceptors (Lipinski definition) is 5. The number of benzene rings is 1. The highest BCUT2D eigenvalue weighted by Gasteiger charge is 2.13. The van der Waals surface area contributed by atoms with E-state index in [1.807, 2.05) is 31.2 Å². The monoisotopic (exact) mass is 370 g/mol. The fraction of sp³-hybridized carbons (Fsp3) is 0.158. The average Bonchev–Trinajstić information content (AvgIpc) is 3.30. The molecule has 6 nitrogen and oxygen atoms in total. The summed E-state index contributed by atoms with van der Waals surface area (Å²) in [7, 11) is 0. The summed E-state index contributed by atoms with van der Waals surface area (Å²) in [5.41, 5.74) is 1.12. The van der Waals surface area contributed by atoms with Gasteiger partial charge in [0.05, 0.1) is 22.7 Å². The van der Waals surface area contributed by atoms with E-state index in [9.17, 15) is 9.59 Å².